The van der Waals surface area contributed by atoms with Crippen LogP contribution in [0.2, 0.25) is 0 Å². The maximum atomic E-state index is 5.80. The summed E-state index contributed by atoms with van der Waals surface area (Å²) in [6.45, 7) is 10.1. The quantitative estimate of drug-likeness (QED) is 0.725. The second kappa shape index (κ2) is 8.51. The molecule has 22 heavy (non-hydrogen) atoms. The monoisotopic (exact) mass is 307 g/mol. The highest BCUT2D eigenvalue weighted by atomic mass is 16.7. The molecule has 1 saturated heterocycles. The van der Waals surface area contributed by atoms with Crippen molar-refractivity contribution in [2.45, 2.75) is 39.4 Å². The van der Waals surface area contributed by atoms with Crippen molar-refractivity contribution in [3.8, 4) is 5.75 Å². The zero-order valence-electron chi connectivity index (χ0n) is 14.2. The predicted octanol–water partition coefficient (Wildman–Crippen LogP) is 2.96. The Bertz CT molecular complexity index is 442. The van der Waals surface area contributed by atoms with Gasteiger partial charge in [0.2, 0.25) is 0 Å². The van der Waals surface area contributed by atoms with E-state index in [2.05, 4.69) is 37.8 Å². The molecule has 3 atom stereocenters. The summed E-state index contributed by atoms with van der Waals surface area (Å²) in [6, 6.07) is 8.30. The molecule has 0 saturated carbocycles. The van der Waals surface area contributed by atoms with Gasteiger partial charge in [0, 0.05) is 26.7 Å². The second-order valence-electron chi connectivity index (χ2n) is 6.48. The van der Waals surface area contributed by atoms with E-state index in [0.717, 1.165) is 31.8 Å². The molecule has 1 aliphatic heterocycles. The smallest absolute Gasteiger partial charge is 0.188 e. The second-order valence-corrected chi connectivity index (χ2v) is 6.48. The molecule has 0 spiro atoms. The summed E-state index contributed by atoms with van der Waals surface area (Å²) in [5.41, 5.74) is 1.32. The summed E-state index contributed by atoms with van der Waals surface area (Å²) in [7, 11) is 1.64. The fourth-order valence-electron chi connectivity index (χ4n) is 3.23. The minimum Gasteiger partial charge on any atom is -0.468 e. The molecule has 0 radical (unpaired) electrons. The summed E-state index contributed by atoms with van der Waals surface area (Å²) >= 11 is 0. The summed E-state index contributed by atoms with van der Waals surface area (Å²) in [4.78, 5) is 2.52. The molecule has 4 nitrogen and oxygen atoms in total. The van der Waals surface area contributed by atoms with E-state index in [4.69, 9.17) is 14.2 Å². The average molecular weight is 307 g/mol. The Kier molecular flexibility index (Phi) is 6.68. The molecule has 0 amide bonds. The Morgan fingerprint density at radius 3 is 2.68 bits per heavy atom. The number of morpholine rings is 1. The number of nitrogens with zero attached hydrogens (tertiary/aromatic N) is 1. The van der Waals surface area contributed by atoms with Gasteiger partial charge in [-0.2, -0.15) is 0 Å². The third-order valence-corrected chi connectivity index (χ3v) is 3.89. The Balaban J connectivity index is 1.84. The Hall–Kier alpha value is -1.10. The van der Waals surface area contributed by atoms with Gasteiger partial charge in [-0.25, -0.2) is 0 Å². The molecule has 1 aromatic carbocycles. The van der Waals surface area contributed by atoms with E-state index in [1.807, 2.05) is 12.1 Å². The number of ether oxygens (including phenoxy) is 3. The van der Waals surface area contributed by atoms with E-state index in [-0.39, 0.29) is 0 Å². The van der Waals surface area contributed by atoms with E-state index in [9.17, 15) is 0 Å². The molecular formula is C18H29NO3. The molecule has 0 aliphatic carbocycles. The van der Waals surface area contributed by atoms with Crippen molar-refractivity contribution in [1.82, 2.24) is 4.90 Å². The minimum atomic E-state index is 0.294. The summed E-state index contributed by atoms with van der Waals surface area (Å²) in [6.07, 6.45) is 1.73. The van der Waals surface area contributed by atoms with Crippen molar-refractivity contribution in [3.63, 3.8) is 0 Å². The number of hydrogen-bond donors (Lipinski definition) is 0. The van der Waals surface area contributed by atoms with Gasteiger partial charge < -0.3 is 14.2 Å². The third-order valence-electron chi connectivity index (χ3n) is 3.89. The molecule has 1 fully saturated rings. The van der Waals surface area contributed by atoms with Crippen LogP contribution < -0.4 is 4.74 Å². The lowest BCUT2D eigenvalue weighted by atomic mass is 10.00. The van der Waals surface area contributed by atoms with Crippen LogP contribution in [0.3, 0.4) is 0 Å². The molecule has 124 valence electrons. The van der Waals surface area contributed by atoms with Crippen LogP contribution in [0.5, 0.6) is 5.75 Å². The number of methoxy groups -OCH3 is 1. The SMILES string of the molecule is COCOc1cccc(CC(C)CN2CC(C)OC(C)C2)c1. The van der Waals surface area contributed by atoms with Crippen molar-refractivity contribution < 1.29 is 14.2 Å². The topological polar surface area (TPSA) is 30.9 Å². The third kappa shape index (κ3) is 5.59. The molecule has 0 N–H and O–H groups in total. The standard InChI is InChI=1S/C18H29NO3/c1-14(10-19-11-15(2)22-16(3)12-19)8-17-6-5-7-18(9-17)21-13-20-4/h5-7,9,14-16H,8,10-13H2,1-4H3. The first-order valence-electron chi connectivity index (χ1n) is 8.15. The molecule has 3 unspecified atom stereocenters. The largest absolute Gasteiger partial charge is 0.468 e. The molecule has 0 aromatic heterocycles. The molecular weight excluding hydrogens is 278 g/mol. The Morgan fingerprint density at radius 2 is 2.00 bits per heavy atom. The van der Waals surface area contributed by atoms with Gasteiger partial charge in [0.1, 0.15) is 5.75 Å². The van der Waals surface area contributed by atoms with Crippen molar-refractivity contribution in [2.75, 3.05) is 33.5 Å². The van der Waals surface area contributed by atoms with Crippen molar-refractivity contribution in [3.05, 3.63) is 29.8 Å². The van der Waals surface area contributed by atoms with Crippen LogP contribution in [0, 0.1) is 5.92 Å². The lowest BCUT2D eigenvalue weighted by molar-refractivity contribution is -0.0708. The maximum Gasteiger partial charge on any atom is 0.188 e. The van der Waals surface area contributed by atoms with E-state index in [1.165, 1.54) is 5.56 Å². The van der Waals surface area contributed by atoms with Gasteiger partial charge in [0.05, 0.1) is 12.2 Å². The lowest BCUT2D eigenvalue weighted by Crippen LogP contribution is -2.47. The average Bonchev–Trinajstić information content (AvgIpc) is 2.44. The van der Waals surface area contributed by atoms with E-state index in [1.54, 1.807) is 7.11 Å². The highest BCUT2D eigenvalue weighted by Gasteiger charge is 2.23. The number of hydrogen-bond acceptors (Lipinski definition) is 4. The molecule has 1 aromatic rings. The Morgan fingerprint density at radius 1 is 1.27 bits per heavy atom. The fourth-order valence-corrected chi connectivity index (χ4v) is 3.23. The van der Waals surface area contributed by atoms with Gasteiger partial charge in [-0.15, -0.1) is 0 Å². The van der Waals surface area contributed by atoms with Crippen LogP contribution in [-0.2, 0) is 15.9 Å². The van der Waals surface area contributed by atoms with E-state index >= 15 is 0 Å². The first kappa shape index (κ1) is 17.3. The number of benzene rings is 1. The summed E-state index contributed by atoms with van der Waals surface area (Å²) in [5, 5.41) is 0. The maximum absolute atomic E-state index is 5.80. The van der Waals surface area contributed by atoms with Gasteiger partial charge in [0.25, 0.3) is 0 Å². The Labute approximate surface area is 134 Å². The van der Waals surface area contributed by atoms with Gasteiger partial charge in [-0.1, -0.05) is 19.1 Å². The van der Waals surface area contributed by atoms with Gasteiger partial charge in [0.15, 0.2) is 6.79 Å². The first-order valence-corrected chi connectivity index (χ1v) is 8.15. The van der Waals surface area contributed by atoms with Crippen LogP contribution in [0.4, 0.5) is 0 Å². The van der Waals surface area contributed by atoms with Crippen molar-refractivity contribution in [2.24, 2.45) is 5.92 Å². The van der Waals surface area contributed by atoms with Crippen LogP contribution in [0.25, 0.3) is 0 Å². The first-order chi connectivity index (χ1) is 10.6. The van der Waals surface area contributed by atoms with Crippen molar-refractivity contribution >= 4 is 0 Å². The number of rotatable bonds is 7. The zero-order chi connectivity index (χ0) is 15.9. The van der Waals surface area contributed by atoms with Gasteiger partial charge in [-0.3, -0.25) is 4.90 Å². The fraction of sp³-hybridized carbons (Fsp3) is 0.667. The lowest BCUT2D eigenvalue weighted by Gasteiger charge is -2.36. The molecule has 1 heterocycles. The minimum absolute atomic E-state index is 0.294. The van der Waals surface area contributed by atoms with Crippen LogP contribution in [-0.4, -0.2) is 50.6 Å². The highest BCUT2D eigenvalue weighted by molar-refractivity contribution is 5.28. The molecule has 4 heteroatoms. The summed E-state index contributed by atoms with van der Waals surface area (Å²) < 4.78 is 16.3. The molecule has 0 bridgehead atoms. The van der Waals surface area contributed by atoms with Crippen LogP contribution in [0.15, 0.2) is 24.3 Å². The summed E-state index contributed by atoms with van der Waals surface area (Å²) in [5.74, 6) is 1.48. The predicted molar refractivity (Wildman–Crippen MR) is 88.3 cm³/mol. The van der Waals surface area contributed by atoms with E-state index < -0.39 is 0 Å². The molecule has 1 aliphatic rings. The highest BCUT2D eigenvalue weighted by Crippen LogP contribution is 2.18. The molecule has 2 rings (SSSR count). The van der Waals surface area contributed by atoms with Gasteiger partial charge >= 0.3 is 0 Å². The van der Waals surface area contributed by atoms with Crippen LogP contribution >= 0.6 is 0 Å². The normalized spacial score (nSPS) is 24.2. The van der Waals surface area contributed by atoms with E-state index in [0.29, 0.717) is 24.9 Å². The van der Waals surface area contributed by atoms with Crippen molar-refractivity contribution in [1.29, 1.82) is 0 Å². The van der Waals surface area contributed by atoms with Gasteiger partial charge in [-0.05, 0) is 43.9 Å². The zero-order valence-corrected chi connectivity index (χ0v) is 14.2. The van der Waals surface area contributed by atoms with Crippen LogP contribution in [0.1, 0.15) is 26.3 Å².